The van der Waals surface area contributed by atoms with E-state index in [1.165, 1.54) is 13.0 Å². The van der Waals surface area contributed by atoms with Crippen molar-refractivity contribution >= 4 is 34.3 Å². The van der Waals surface area contributed by atoms with Crippen molar-refractivity contribution in [1.82, 2.24) is 29.6 Å². The zero-order valence-electron chi connectivity index (χ0n) is 28.8. The second kappa shape index (κ2) is 13.4. The lowest BCUT2D eigenvalue weighted by Gasteiger charge is -2.27. The minimum atomic E-state index is -4.69. The first kappa shape index (κ1) is 34.7. The first-order valence-corrected chi connectivity index (χ1v) is 17.4. The number of ether oxygens (including phenoxy) is 1. The molecule has 11 nitrogen and oxygen atoms in total. The predicted molar refractivity (Wildman–Crippen MR) is 182 cm³/mol. The van der Waals surface area contributed by atoms with Crippen molar-refractivity contribution in [2.45, 2.75) is 96.9 Å². The van der Waals surface area contributed by atoms with Gasteiger partial charge in [0.05, 0.1) is 5.52 Å². The van der Waals surface area contributed by atoms with E-state index in [9.17, 15) is 27.6 Å². The lowest BCUT2D eigenvalue weighted by Crippen LogP contribution is -2.47. The van der Waals surface area contributed by atoms with Crippen molar-refractivity contribution in [3.8, 4) is 11.1 Å². The average molecular weight is 704 g/mol. The Morgan fingerprint density at radius 3 is 2.51 bits per heavy atom. The molecule has 1 saturated heterocycles. The maximum absolute atomic E-state index is 14.4. The largest absolute Gasteiger partial charge is 0.433 e. The molecule has 1 saturated carbocycles. The molecule has 5 heterocycles. The van der Waals surface area contributed by atoms with Crippen LogP contribution in [0.2, 0.25) is 0 Å². The van der Waals surface area contributed by atoms with Gasteiger partial charge in [0.15, 0.2) is 5.78 Å². The van der Waals surface area contributed by atoms with Crippen LogP contribution in [0.5, 0.6) is 0 Å². The molecule has 0 spiro atoms. The van der Waals surface area contributed by atoms with E-state index in [-0.39, 0.29) is 41.2 Å². The molecule has 1 aliphatic carbocycles. The van der Waals surface area contributed by atoms with Crippen LogP contribution < -0.4 is 5.32 Å². The van der Waals surface area contributed by atoms with Crippen molar-refractivity contribution in [1.29, 1.82) is 0 Å². The third-order valence-electron chi connectivity index (χ3n) is 10.5. The summed E-state index contributed by atoms with van der Waals surface area (Å²) in [4.78, 5) is 55.3. The van der Waals surface area contributed by atoms with Gasteiger partial charge in [-0.25, -0.2) is 15.0 Å². The summed E-state index contributed by atoms with van der Waals surface area (Å²) in [5.74, 6) is -0.766. The molecule has 0 radical (unpaired) electrons. The van der Waals surface area contributed by atoms with Crippen LogP contribution in [0.3, 0.4) is 0 Å². The number of Topliss-reactive ketones (excluding diaryl/α,β-unsaturated/α-hetero) is 1. The molecule has 2 amide bonds. The predicted octanol–water partition coefficient (Wildman–Crippen LogP) is 6.25. The smallest absolute Gasteiger partial charge is 0.381 e. The second-order valence-corrected chi connectivity index (χ2v) is 14.1. The number of amides is 2. The number of aryl methyl sites for hydroxylation is 3. The number of hydrogen-bond acceptors (Lipinski definition) is 8. The molecular weight excluding hydrogens is 663 g/mol. The number of carbonyl (C=O) groups is 3. The fourth-order valence-electron chi connectivity index (χ4n) is 7.73. The monoisotopic (exact) mass is 703 g/mol. The van der Waals surface area contributed by atoms with Gasteiger partial charge in [-0.1, -0.05) is 18.9 Å². The molecule has 1 aromatic carbocycles. The van der Waals surface area contributed by atoms with E-state index in [0.717, 1.165) is 48.4 Å². The van der Waals surface area contributed by atoms with Crippen molar-refractivity contribution in [3.05, 3.63) is 65.0 Å². The molecule has 4 aromatic rings. The summed E-state index contributed by atoms with van der Waals surface area (Å²) in [5.41, 5.74) is 2.39. The van der Waals surface area contributed by atoms with Crippen molar-refractivity contribution in [2.75, 3.05) is 18.5 Å². The summed E-state index contributed by atoms with van der Waals surface area (Å²) < 4.78 is 48.0. The van der Waals surface area contributed by atoms with E-state index in [0.29, 0.717) is 61.2 Å². The van der Waals surface area contributed by atoms with E-state index < -0.39 is 23.8 Å². The average Bonchev–Trinajstić information content (AvgIpc) is 3.48. The van der Waals surface area contributed by atoms with Gasteiger partial charge < -0.3 is 15.0 Å². The zero-order chi connectivity index (χ0) is 36.1. The highest BCUT2D eigenvalue weighted by Crippen LogP contribution is 2.62. The number of pyridine rings is 1. The van der Waals surface area contributed by atoms with Gasteiger partial charge in [0.2, 0.25) is 11.8 Å². The maximum atomic E-state index is 14.4. The van der Waals surface area contributed by atoms with Crippen LogP contribution in [-0.2, 0) is 33.5 Å². The van der Waals surface area contributed by atoms with E-state index >= 15 is 0 Å². The minimum absolute atomic E-state index is 0.196. The Kier molecular flexibility index (Phi) is 9.15. The summed E-state index contributed by atoms with van der Waals surface area (Å²) in [6.45, 7) is 5.69. The molecule has 2 fully saturated rings. The first-order valence-electron chi connectivity index (χ1n) is 17.4. The Morgan fingerprint density at radius 1 is 1.00 bits per heavy atom. The molecule has 3 aliphatic rings. The quantitative estimate of drug-likeness (QED) is 0.247. The Bertz CT molecular complexity index is 2010. The van der Waals surface area contributed by atoms with E-state index in [2.05, 4.69) is 25.4 Å². The summed E-state index contributed by atoms with van der Waals surface area (Å²) in [5, 5.41) is 7.92. The van der Waals surface area contributed by atoms with E-state index in [1.807, 2.05) is 19.1 Å². The third-order valence-corrected chi connectivity index (χ3v) is 10.5. The van der Waals surface area contributed by atoms with E-state index in [4.69, 9.17) is 4.74 Å². The molecule has 268 valence electrons. The summed E-state index contributed by atoms with van der Waals surface area (Å²) in [7, 11) is 0. The topological polar surface area (TPSA) is 132 Å². The van der Waals surface area contributed by atoms with Gasteiger partial charge in [0.1, 0.15) is 35.6 Å². The number of hydrogen-bond donors (Lipinski definition) is 1. The molecule has 3 aromatic heterocycles. The Labute approximate surface area is 293 Å². The molecule has 1 N–H and O–H groups in total. The van der Waals surface area contributed by atoms with Crippen LogP contribution >= 0.6 is 0 Å². The van der Waals surface area contributed by atoms with Crippen molar-refractivity contribution in [3.63, 3.8) is 0 Å². The van der Waals surface area contributed by atoms with Crippen LogP contribution in [0.1, 0.15) is 85.0 Å². The molecular formula is C37H40F3N7O4. The van der Waals surface area contributed by atoms with Gasteiger partial charge in [-0.15, -0.1) is 0 Å². The molecule has 0 unspecified atom stereocenters. The number of nitrogens with zero attached hydrogens (tertiary/aromatic N) is 6. The van der Waals surface area contributed by atoms with Gasteiger partial charge in [-0.2, -0.15) is 18.3 Å². The number of alkyl halides is 3. The zero-order valence-corrected chi connectivity index (χ0v) is 28.8. The number of nitrogens with one attached hydrogen (secondary N) is 1. The molecule has 2 aliphatic heterocycles. The van der Waals surface area contributed by atoms with Gasteiger partial charge >= 0.3 is 6.18 Å². The van der Waals surface area contributed by atoms with Gasteiger partial charge in [-0.3, -0.25) is 19.1 Å². The Morgan fingerprint density at radius 2 is 1.76 bits per heavy atom. The van der Waals surface area contributed by atoms with Crippen LogP contribution in [0.15, 0.2) is 36.7 Å². The highest BCUT2D eigenvalue weighted by Gasteiger charge is 2.66. The maximum Gasteiger partial charge on any atom is 0.433 e. The molecule has 2 bridgehead atoms. The van der Waals surface area contributed by atoms with Crippen molar-refractivity contribution < 1.29 is 32.3 Å². The highest BCUT2D eigenvalue weighted by atomic mass is 19.4. The fourth-order valence-corrected chi connectivity index (χ4v) is 7.73. The van der Waals surface area contributed by atoms with Crippen LogP contribution in [0.25, 0.3) is 22.0 Å². The molecule has 14 heteroatoms. The van der Waals surface area contributed by atoms with Crippen LogP contribution in [0.4, 0.5) is 19.0 Å². The van der Waals surface area contributed by atoms with Crippen LogP contribution in [-0.4, -0.2) is 72.5 Å². The normalized spacial score (nSPS) is 22.8. The molecule has 3 atom stereocenters. The second-order valence-electron chi connectivity index (χ2n) is 14.1. The standard InChI is InChI=1S/C37H40F3N7O4/c1-21-9-10-29(37(38,39)40)43-34(21)44-35(50)28-16-36-11-13-51-12-7-5-4-6-8-24-14-25(26-18-41-23(3)42-19-26)15-27-32(22(2)48)45-46(33(24)27)20-31(49)47(28)30(36)17-36/h9-10,14-15,18-19,28,30H,4-8,11-13,16-17,20H2,1-3H3,(H,43,44,50)/t28-,30+,36-/m0/s1. The number of carbonyl (C=O) groups excluding carboxylic acids is 3. The number of piperidine rings is 1. The number of rotatable bonds is 4. The highest BCUT2D eigenvalue weighted by molar-refractivity contribution is 6.07. The first-order chi connectivity index (χ1) is 24.3. The number of benzene rings is 1. The SMILES string of the molecule is CC(=O)c1nn2c3c(cc(-c4cnc(C)nc4)cc13)CCCCCCOCC[C@@]13C[C@@H](C(=O)Nc4nc(C(F)(F)F)ccc4C)N(C(=O)C2)[C@@H]1C3. The molecule has 7 rings (SSSR count). The van der Waals surface area contributed by atoms with Gasteiger partial charge in [0.25, 0.3) is 0 Å². The minimum Gasteiger partial charge on any atom is -0.381 e. The number of anilines is 1. The Balaban J connectivity index is 1.27. The number of aromatic nitrogens is 5. The van der Waals surface area contributed by atoms with Gasteiger partial charge in [0, 0.05) is 49.5 Å². The molecule has 51 heavy (non-hydrogen) atoms. The number of ketones is 1. The van der Waals surface area contributed by atoms with E-state index in [1.54, 1.807) is 28.9 Å². The lowest BCUT2D eigenvalue weighted by molar-refractivity contribution is -0.141. The lowest BCUT2D eigenvalue weighted by atomic mass is 9.95. The fraction of sp³-hybridized carbons (Fsp3) is 0.486. The third kappa shape index (κ3) is 6.85. The van der Waals surface area contributed by atoms with Gasteiger partial charge in [-0.05, 0) is 92.7 Å². The summed E-state index contributed by atoms with van der Waals surface area (Å²) in [6, 6.07) is 4.89. The van der Waals surface area contributed by atoms with Crippen molar-refractivity contribution in [2.24, 2.45) is 5.41 Å². The van der Waals surface area contributed by atoms with Crippen LogP contribution in [0, 0.1) is 19.3 Å². The number of halogens is 3. The summed E-state index contributed by atoms with van der Waals surface area (Å²) in [6.07, 6.45) is 4.91. The summed E-state index contributed by atoms with van der Waals surface area (Å²) >= 11 is 0. The Hall–Kier alpha value is -4.72.